The number of carbonyl (C=O) groups is 1. The van der Waals surface area contributed by atoms with Gasteiger partial charge in [-0.3, -0.25) is 0 Å². The number of carboxylic acid groups (broad SMARTS) is 1. The van der Waals surface area contributed by atoms with Crippen LogP contribution >= 0.6 is 0 Å². The number of halogens is 3. The first kappa shape index (κ1) is 22.7. The minimum absolute atomic E-state index is 0.0874. The number of amides is 1. The maximum absolute atomic E-state index is 12.7. The minimum Gasteiger partial charge on any atom is -0.493 e. The van der Waals surface area contributed by atoms with Crippen LogP contribution < -0.4 is 9.47 Å². The second kappa shape index (κ2) is 9.91. The maximum Gasteiger partial charge on any atom is 0.416 e. The summed E-state index contributed by atoms with van der Waals surface area (Å²) >= 11 is 0. The highest BCUT2D eigenvalue weighted by Gasteiger charge is 2.31. The van der Waals surface area contributed by atoms with E-state index in [0.29, 0.717) is 31.7 Å². The van der Waals surface area contributed by atoms with Gasteiger partial charge in [-0.25, -0.2) is 4.79 Å². The van der Waals surface area contributed by atoms with Crippen molar-refractivity contribution in [1.29, 1.82) is 0 Å². The summed E-state index contributed by atoms with van der Waals surface area (Å²) in [7, 11) is 0. The first-order chi connectivity index (χ1) is 14.7. The lowest BCUT2D eigenvalue weighted by Gasteiger charge is -2.34. The molecule has 0 radical (unpaired) electrons. The molecule has 168 valence electrons. The summed E-state index contributed by atoms with van der Waals surface area (Å²) in [6.45, 7) is 1.01. The fraction of sp³-hybridized carbons (Fsp3) is 0.409. The second-order valence-electron chi connectivity index (χ2n) is 7.34. The Labute approximate surface area is 177 Å². The fourth-order valence-electron chi connectivity index (χ4n) is 3.51. The summed E-state index contributed by atoms with van der Waals surface area (Å²) in [5.74, 6) is 0.650. The van der Waals surface area contributed by atoms with Crippen LogP contribution in [-0.4, -0.2) is 53.6 Å². The molecule has 0 saturated carbocycles. The topological polar surface area (TPSA) is 79.2 Å². The quantitative estimate of drug-likeness (QED) is 0.626. The predicted molar refractivity (Wildman–Crippen MR) is 106 cm³/mol. The highest BCUT2D eigenvalue weighted by Crippen LogP contribution is 2.31. The van der Waals surface area contributed by atoms with Gasteiger partial charge in [-0.1, -0.05) is 18.2 Å². The van der Waals surface area contributed by atoms with Crippen LogP contribution in [0.25, 0.3) is 0 Å². The van der Waals surface area contributed by atoms with Crippen molar-refractivity contribution < 1.29 is 37.7 Å². The number of alkyl halides is 3. The van der Waals surface area contributed by atoms with Gasteiger partial charge < -0.3 is 24.6 Å². The van der Waals surface area contributed by atoms with Crippen LogP contribution in [0.5, 0.6) is 11.5 Å². The van der Waals surface area contributed by atoms with E-state index in [-0.39, 0.29) is 24.8 Å². The molecule has 1 saturated heterocycles. The molecule has 1 fully saturated rings. The molecule has 3 rings (SSSR count). The Morgan fingerprint density at radius 1 is 1.06 bits per heavy atom. The van der Waals surface area contributed by atoms with Gasteiger partial charge in [-0.15, -0.1) is 0 Å². The van der Waals surface area contributed by atoms with Crippen LogP contribution in [0.3, 0.4) is 0 Å². The lowest BCUT2D eigenvalue weighted by Crippen LogP contribution is -2.45. The number of β-amino-alcohol motifs (C(OH)–C–C–N with tert-alkyl or cyclic N) is 1. The zero-order valence-corrected chi connectivity index (χ0v) is 16.7. The number of hydrogen-bond donors (Lipinski definition) is 2. The number of likely N-dealkylation sites (tertiary alicyclic amines) is 1. The zero-order chi connectivity index (χ0) is 22.4. The third-order valence-corrected chi connectivity index (χ3v) is 5.15. The Morgan fingerprint density at radius 2 is 1.74 bits per heavy atom. The van der Waals surface area contributed by atoms with Gasteiger partial charge in [0, 0.05) is 18.9 Å². The largest absolute Gasteiger partial charge is 0.493 e. The summed E-state index contributed by atoms with van der Waals surface area (Å²) in [5.41, 5.74) is 0.165. The third kappa shape index (κ3) is 6.27. The average Bonchev–Trinajstić information content (AvgIpc) is 2.73. The monoisotopic (exact) mass is 439 g/mol. The Hall–Kier alpha value is -2.94. The molecule has 6 nitrogen and oxygen atoms in total. The summed E-state index contributed by atoms with van der Waals surface area (Å²) < 4.78 is 49.1. The average molecular weight is 439 g/mol. The summed E-state index contributed by atoms with van der Waals surface area (Å²) in [6, 6.07) is 12.0. The SMILES string of the molecule is O=C(O)N1CCC(c2ccc(OCCCOc3cccc(C(F)(F)F)c3)cc2)C(O)C1. The van der Waals surface area contributed by atoms with Crippen molar-refractivity contribution in [3.63, 3.8) is 0 Å². The van der Waals surface area contributed by atoms with E-state index in [2.05, 4.69) is 0 Å². The molecule has 2 aromatic carbocycles. The van der Waals surface area contributed by atoms with Gasteiger partial charge in [0.1, 0.15) is 11.5 Å². The molecule has 1 aliphatic rings. The molecular weight excluding hydrogens is 415 g/mol. The Balaban J connectivity index is 1.42. The first-order valence-electron chi connectivity index (χ1n) is 9.93. The van der Waals surface area contributed by atoms with Crippen molar-refractivity contribution in [2.45, 2.75) is 31.0 Å². The van der Waals surface area contributed by atoms with Crippen molar-refractivity contribution in [2.75, 3.05) is 26.3 Å². The van der Waals surface area contributed by atoms with Crippen molar-refractivity contribution in [1.82, 2.24) is 4.90 Å². The molecule has 0 bridgehead atoms. The normalized spacial score (nSPS) is 19.2. The zero-order valence-electron chi connectivity index (χ0n) is 16.7. The Morgan fingerprint density at radius 3 is 2.35 bits per heavy atom. The van der Waals surface area contributed by atoms with E-state index >= 15 is 0 Å². The van der Waals surface area contributed by atoms with E-state index in [4.69, 9.17) is 14.6 Å². The van der Waals surface area contributed by atoms with E-state index in [1.807, 2.05) is 12.1 Å². The molecule has 9 heteroatoms. The van der Waals surface area contributed by atoms with E-state index in [1.165, 1.54) is 17.0 Å². The molecule has 0 aliphatic carbocycles. The van der Waals surface area contributed by atoms with Gasteiger partial charge in [0.15, 0.2) is 0 Å². The molecule has 2 aromatic rings. The van der Waals surface area contributed by atoms with Gasteiger partial charge in [0.25, 0.3) is 0 Å². The number of benzene rings is 2. The number of piperidine rings is 1. The second-order valence-corrected chi connectivity index (χ2v) is 7.34. The smallest absolute Gasteiger partial charge is 0.416 e. The highest BCUT2D eigenvalue weighted by molar-refractivity contribution is 5.65. The number of nitrogens with zero attached hydrogens (tertiary/aromatic N) is 1. The van der Waals surface area contributed by atoms with E-state index in [0.717, 1.165) is 17.7 Å². The molecule has 1 amide bonds. The molecular formula is C22H24F3NO5. The van der Waals surface area contributed by atoms with E-state index in [9.17, 15) is 23.1 Å². The van der Waals surface area contributed by atoms with Crippen LogP contribution in [0.15, 0.2) is 48.5 Å². The number of rotatable bonds is 7. The van der Waals surface area contributed by atoms with Gasteiger partial charge >= 0.3 is 12.3 Å². The predicted octanol–water partition coefficient (Wildman–Crippen LogP) is 4.38. The molecule has 2 N–H and O–H groups in total. The van der Waals surface area contributed by atoms with Crippen LogP contribution in [0.1, 0.15) is 29.9 Å². The van der Waals surface area contributed by atoms with Crippen LogP contribution in [0, 0.1) is 0 Å². The highest BCUT2D eigenvalue weighted by atomic mass is 19.4. The molecule has 2 atom stereocenters. The van der Waals surface area contributed by atoms with E-state index in [1.54, 1.807) is 12.1 Å². The number of hydrogen-bond acceptors (Lipinski definition) is 4. The van der Waals surface area contributed by atoms with Gasteiger partial charge in [-0.2, -0.15) is 13.2 Å². The van der Waals surface area contributed by atoms with Crippen LogP contribution in [0.2, 0.25) is 0 Å². The van der Waals surface area contributed by atoms with E-state index < -0.39 is 23.9 Å². The molecule has 1 heterocycles. The first-order valence-corrected chi connectivity index (χ1v) is 9.93. The molecule has 31 heavy (non-hydrogen) atoms. The molecule has 0 aromatic heterocycles. The summed E-state index contributed by atoms with van der Waals surface area (Å²) in [5, 5.41) is 19.3. The van der Waals surface area contributed by atoms with Crippen molar-refractivity contribution in [3.8, 4) is 11.5 Å². The minimum atomic E-state index is -4.40. The van der Waals surface area contributed by atoms with Crippen LogP contribution in [-0.2, 0) is 6.18 Å². The van der Waals surface area contributed by atoms with Gasteiger partial charge in [0.2, 0.25) is 0 Å². The fourth-order valence-corrected chi connectivity index (χ4v) is 3.51. The maximum atomic E-state index is 12.7. The Kier molecular flexibility index (Phi) is 7.27. The number of aliphatic hydroxyl groups is 1. The van der Waals surface area contributed by atoms with Crippen molar-refractivity contribution >= 4 is 6.09 Å². The van der Waals surface area contributed by atoms with Gasteiger partial charge in [0.05, 0.1) is 31.4 Å². The van der Waals surface area contributed by atoms with Crippen molar-refractivity contribution in [3.05, 3.63) is 59.7 Å². The van der Waals surface area contributed by atoms with Crippen LogP contribution in [0.4, 0.5) is 18.0 Å². The number of ether oxygens (including phenoxy) is 2. The standard InChI is InChI=1S/C22H24F3NO5/c23-22(24,25)16-3-1-4-18(13-16)31-12-2-11-30-17-7-5-15(6-8-17)19-9-10-26(21(28)29)14-20(19)27/h1,3-8,13,19-20,27H,2,9-12,14H2,(H,28,29). The Bertz CT molecular complexity index is 872. The molecule has 2 unspecified atom stereocenters. The molecule has 0 spiro atoms. The van der Waals surface area contributed by atoms with Crippen molar-refractivity contribution in [2.24, 2.45) is 0 Å². The summed E-state index contributed by atoms with van der Waals surface area (Å²) in [6.07, 6.45) is -5.16. The van der Waals surface area contributed by atoms with Gasteiger partial charge in [-0.05, 0) is 42.3 Å². The third-order valence-electron chi connectivity index (χ3n) is 5.15. The number of aliphatic hydroxyl groups excluding tert-OH is 1. The lowest BCUT2D eigenvalue weighted by atomic mass is 9.87. The lowest BCUT2D eigenvalue weighted by molar-refractivity contribution is -0.137. The summed E-state index contributed by atoms with van der Waals surface area (Å²) in [4.78, 5) is 12.2. The molecule has 1 aliphatic heterocycles.